The number of ketones is 1. The molecule has 0 aromatic rings. The first kappa shape index (κ1) is 18.3. The SMILES string of the molecule is [CH2-]C(C)=O.[I][V]([I])[I].[Y]. The molecule has 0 amide bonds. The van der Waals surface area contributed by atoms with Gasteiger partial charge in [0, 0.05) is 32.7 Å². The van der Waals surface area contributed by atoms with Crippen molar-refractivity contribution in [2.45, 2.75) is 6.92 Å². The molecule has 0 heterocycles. The van der Waals surface area contributed by atoms with Crippen LogP contribution in [0.2, 0.25) is 0 Å². The first-order valence-electron chi connectivity index (χ1n) is 1.56. The van der Waals surface area contributed by atoms with Crippen molar-refractivity contribution in [1.82, 2.24) is 0 Å². The Bertz CT molecular complexity index is 63.3. The van der Waals surface area contributed by atoms with Crippen LogP contribution >= 0.6 is 59.9 Å². The van der Waals surface area contributed by atoms with Gasteiger partial charge in [0.15, 0.2) is 0 Å². The normalized spacial score (nSPS) is 6.78. The number of Topliss-reactive ketones (excluding diaryl/α,β-unsaturated/α-hetero) is 1. The molecule has 0 aromatic heterocycles. The van der Waals surface area contributed by atoms with Crippen LogP contribution in [0.25, 0.3) is 0 Å². The molecule has 0 fully saturated rings. The summed E-state index contributed by atoms with van der Waals surface area (Å²) in [5.41, 5.74) is 0. The van der Waals surface area contributed by atoms with Gasteiger partial charge in [-0.25, -0.2) is 0 Å². The summed E-state index contributed by atoms with van der Waals surface area (Å²) < 4.78 is 0. The van der Waals surface area contributed by atoms with Gasteiger partial charge >= 0.3 is 64.9 Å². The van der Waals surface area contributed by atoms with E-state index in [1.807, 2.05) is 0 Å². The van der Waals surface area contributed by atoms with Crippen LogP contribution in [0.15, 0.2) is 0 Å². The zero-order valence-corrected chi connectivity index (χ0v) is 15.5. The van der Waals surface area contributed by atoms with E-state index in [0.29, 0.717) is 0 Å². The summed E-state index contributed by atoms with van der Waals surface area (Å²) in [4.78, 5) is 9.06. The van der Waals surface area contributed by atoms with E-state index in [1.54, 1.807) is 0 Å². The van der Waals surface area contributed by atoms with Crippen LogP contribution < -0.4 is 0 Å². The van der Waals surface area contributed by atoms with Crippen molar-refractivity contribution in [3.63, 3.8) is 0 Å². The molecule has 0 aliphatic carbocycles. The van der Waals surface area contributed by atoms with E-state index >= 15 is 0 Å². The monoisotopic (exact) mass is 578 g/mol. The molecule has 0 unspecified atom stereocenters. The fraction of sp³-hybridized carbons (Fsp3) is 0.333. The average molecular weight is 578 g/mol. The van der Waals surface area contributed by atoms with Crippen LogP contribution in [0.4, 0.5) is 0 Å². The Labute approximate surface area is 119 Å². The van der Waals surface area contributed by atoms with Gasteiger partial charge in [-0.3, -0.25) is 0 Å². The summed E-state index contributed by atoms with van der Waals surface area (Å²) in [6.07, 6.45) is 0. The van der Waals surface area contributed by atoms with Gasteiger partial charge in [-0.05, 0) is 12.7 Å². The molecule has 0 spiro atoms. The first-order valence-corrected chi connectivity index (χ1v) is 15.1. The number of carbonyl (C=O) groups is 1. The summed E-state index contributed by atoms with van der Waals surface area (Å²) in [7, 11) is 0. The standard InChI is InChI=1S/C3H5O.3HI.V.Y/c1-3(2)4;;;;;/h1H2,2H3;3*1H;;/q-1;;;;+3;/p-3. The number of halogens is 3. The maximum Gasteiger partial charge on any atom is 0 e. The van der Waals surface area contributed by atoms with Gasteiger partial charge in [0.05, 0.1) is 0 Å². The third-order valence-electron chi connectivity index (χ3n) is 0. The molecule has 6 heteroatoms. The number of carbonyl (C=O) groups excluding carboxylic acids is 1. The predicted molar refractivity (Wildman–Crippen MR) is 58.1 cm³/mol. The summed E-state index contributed by atoms with van der Waals surface area (Å²) in [5, 5.41) is 0. The second-order valence-electron chi connectivity index (χ2n) is 0.894. The van der Waals surface area contributed by atoms with Crippen molar-refractivity contribution in [2.75, 3.05) is 0 Å². The van der Waals surface area contributed by atoms with Gasteiger partial charge < -0.3 is 11.7 Å². The second kappa shape index (κ2) is 14.0. The fourth-order valence-electron chi connectivity index (χ4n) is 0. The Kier molecular flexibility index (Phi) is 28.3. The Hall–Kier alpha value is 3.42. The number of hydrogen-bond donors (Lipinski definition) is 0. The Morgan fingerprint density at radius 3 is 1.44 bits per heavy atom. The van der Waals surface area contributed by atoms with E-state index < -0.39 is 0 Å². The minimum atomic E-state index is -0.278. The minimum Gasteiger partial charge on any atom is 0 e. The van der Waals surface area contributed by atoms with Crippen LogP contribution in [0, 0.1) is 6.92 Å². The van der Waals surface area contributed by atoms with Gasteiger partial charge in [0.1, 0.15) is 0 Å². The van der Waals surface area contributed by atoms with Crippen molar-refractivity contribution in [1.29, 1.82) is 0 Å². The number of rotatable bonds is 0. The van der Waals surface area contributed by atoms with Crippen LogP contribution in [-0.4, -0.2) is 5.78 Å². The smallest absolute Gasteiger partial charge is 0 e. The first-order chi connectivity index (χ1) is 3.46. The Morgan fingerprint density at radius 1 is 1.44 bits per heavy atom. The maximum atomic E-state index is 9.33. The summed E-state index contributed by atoms with van der Waals surface area (Å²) in [5.74, 6) is -0.0833. The van der Waals surface area contributed by atoms with Gasteiger partial charge in [0.2, 0.25) is 0 Å². The quantitative estimate of drug-likeness (QED) is 0.320. The second-order valence-corrected chi connectivity index (χ2v) is 36.3. The van der Waals surface area contributed by atoms with Gasteiger partial charge in [0.25, 0.3) is 0 Å². The average Bonchev–Trinajstić information content (AvgIpc) is 1.25. The van der Waals surface area contributed by atoms with Crippen molar-refractivity contribution in [3.8, 4) is 0 Å². The Balaban J connectivity index is -0.0000000720. The Morgan fingerprint density at radius 2 is 1.44 bits per heavy atom. The molecule has 0 rings (SSSR count). The minimum absolute atomic E-state index is 0. The zero-order valence-electron chi connectivity index (χ0n) is 4.77. The molecule has 9 heavy (non-hydrogen) atoms. The molecule has 0 bridgehead atoms. The molecule has 1 radical (unpaired) electrons. The van der Waals surface area contributed by atoms with Crippen LogP contribution in [0.3, 0.4) is 0 Å². The third kappa shape index (κ3) is 86.7. The molecule has 1 nitrogen and oxygen atoms in total. The molecule has 0 aliphatic heterocycles. The summed E-state index contributed by atoms with van der Waals surface area (Å²) in [6.45, 7) is 4.42. The zero-order chi connectivity index (χ0) is 7.15. The van der Waals surface area contributed by atoms with Gasteiger partial charge in [-0.1, -0.05) is 0 Å². The molecular weight excluding hydrogens is 573 g/mol. The molecule has 0 aliphatic rings. The van der Waals surface area contributed by atoms with Crippen molar-refractivity contribution < 1.29 is 42.4 Å². The summed E-state index contributed by atoms with van der Waals surface area (Å²) >= 11 is 7.39. The fourth-order valence-corrected chi connectivity index (χ4v) is 0. The molecule has 0 saturated carbocycles. The third-order valence-corrected chi connectivity index (χ3v) is 0. The van der Waals surface area contributed by atoms with Gasteiger partial charge in [-0.2, -0.15) is 0 Å². The van der Waals surface area contributed by atoms with Crippen molar-refractivity contribution in [2.24, 2.45) is 0 Å². The van der Waals surface area contributed by atoms with E-state index in [9.17, 15) is 4.79 Å². The largest absolute Gasteiger partial charge is 0 e. The maximum absolute atomic E-state index is 9.33. The van der Waals surface area contributed by atoms with E-state index in [4.69, 9.17) is 0 Å². The van der Waals surface area contributed by atoms with Crippen LogP contribution in [0.1, 0.15) is 6.92 Å². The molecule has 0 N–H and O–H groups in total. The van der Waals surface area contributed by atoms with Crippen molar-refractivity contribution >= 4 is 65.7 Å². The van der Waals surface area contributed by atoms with Crippen molar-refractivity contribution in [3.05, 3.63) is 6.92 Å². The number of hydrogen-bond acceptors (Lipinski definition) is 1. The van der Waals surface area contributed by atoms with E-state index in [0.717, 1.165) is 0 Å². The summed E-state index contributed by atoms with van der Waals surface area (Å²) in [6, 6.07) is 0. The van der Waals surface area contributed by atoms with Crippen LogP contribution in [-0.2, 0) is 42.4 Å². The molecule has 53 valence electrons. The van der Waals surface area contributed by atoms with Gasteiger partial charge in [-0.15, -0.1) is 0 Å². The predicted octanol–water partition coefficient (Wildman–Crippen LogP) is 3.06. The van der Waals surface area contributed by atoms with E-state index in [1.165, 1.54) is 6.92 Å². The molecule has 0 atom stereocenters. The van der Waals surface area contributed by atoms with E-state index in [-0.39, 0.29) is 43.4 Å². The topological polar surface area (TPSA) is 17.1 Å². The van der Waals surface area contributed by atoms with E-state index in [2.05, 4.69) is 66.9 Å². The molecule has 0 saturated heterocycles. The van der Waals surface area contributed by atoms with Crippen LogP contribution in [0.5, 0.6) is 0 Å². The molecular formula is C3H5I3OVY-. The molecule has 0 aromatic carbocycles.